The SMILES string of the molecule is CO[Si](C)(C)[Si-]([Si](C)(C)OC)[Si](C)(C)OC.CO[Si](C)(C)[Si-]([Si](C)(C)OC)[Si](C)(C)OC.CO[Si](C)(C)[Si-]([Si](C)(C)OC)[Si](C)(C)OC.CO[Si](C)(C)[Si-]([Si](C)(C)OC)[Si](C)(C)OC.[K+].[K+].[K+].[K+]. The molecule has 0 rings (SSSR count). The molecule has 0 unspecified atom stereocenters. The molecule has 0 fully saturated rings. The molecule has 0 saturated heterocycles. The van der Waals surface area contributed by atoms with Crippen LogP contribution in [0.3, 0.4) is 0 Å². The Morgan fingerprint density at radius 3 is 0.221 bits per heavy atom. The van der Waals surface area contributed by atoms with E-state index in [0.717, 1.165) is 0 Å². The van der Waals surface area contributed by atoms with Crippen LogP contribution >= 0.6 is 0 Å². The second-order valence-electron chi connectivity index (χ2n) is 22.1. The Morgan fingerprint density at radius 1 is 0.147 bits per heavy atom. The van der Waals surface area contributed by atoms with Gasteiger partial charge in [0.2, 0.25) is 0 Å². The minimum absolute atomic E-state index is 0. The van der Waals surface area contributed by atoms with Crippen molar-refractivity contribution in [2.75, 3.05) is 85.3 Å². The van der Waals surface area contributed by atoms with Gasteiger partial charge in [-0.2, -0.15) is 29.4 Å². The monoisotopic (exact) mass is 1340 g/mol. The Kier molecular flexibility index (Phi) is 54.2. The van der Waals surface area contributed by atoms with Gasteiger partial charge in [-0.05, 0) is 0 Å². The van der Waals surface area contributed by atoms with Gasteiger partial charge in [-0.3, -0.25) is 0 Å². The third-order valence-electron chi connectivity index (χ3n) is 13.3. The van der Waals surface area contributed by atoms with Gasteiger partial charge >= 0.3 is 206 Å². The maximum absolute atomic E-state index is 5.87. The Bertz CT molecular complexity index is 985. The summed E-state index contributed by atoms with van der Waals surface area (Å²) in [5.74, 6) is 0. The van der Waals surface area contributed by atoms with E-state index >= 15 is 0 Å². The molecular weight excluding hydrogens is 1230 g/mol. The zero-order valence-corrected chi connectivity index (χ0v) is 81.4. The predicted molar refractivity (Wildman–Crippen MR) is 317 cm³/mol. The molecule has 12 nitrogen and oxygen atoms in total. The standard InChI is InChI=1S/4C9H27O3Si4.4K/c4*1-10-14(4,5)13(15(6,7)11-2)16(8,9)12-3;;;;/h4*1-9H3;;;;/q4*-1;4*+1. The predicted octanol–water partition coefficient (Wildman–Crippen LogP) is -2.90. The van der Waals surface area contributed by atoms with Crippen molar-refractivity contribution in [3.8, 4) is 0 Å². The van der Waals surface area contributed by atoms with Crippen molar-refractivity contribution in [3.63, 3.8) is 0 Å². The van der Waals surface area contributed by atoms with Crippen LogP contribution in [0.5, 0.6) is 0 Å². The summed E-state index contributed by atoms with van der Waals surface area (Å²) in [4.78, 5) is 0. The third kappa shape index (κ3) is 30.4. The van der Waals surface area contributed by atoms with E-state index in [0.29, 0.717) is 0 Å². The minimum Gasteiger partial charge on any atom is -0.456 e. The molecule has 0 atom stereocenters. The minimum atomic E-state index is -1.64. The molecule has 0 aliphatic heterocycles. The van der Waals surface area contributed by atoms with Crippen molar-refractivity contribution in [2.45, 2.75) is 157 Å². The first-order valence-corrected chi connectivity index (χ1v) is 75.2. The molecule has 32 heteroatoms. The molecule has 0 bridgehead atoms. The molecule has 0 aliphatic rings. The van der Waals surface area contributed by atoms with Gasteiger partial charge in [-0.1, -0.05) is 157 Å². The van der Waals surface area contributed by atoms with Crippen molar-refractivity contribution >= 4 is 123 Å². The van der Waals surface area contributed by atoms with E-state index in [-0.39, 0.29) is 206 Å². The quantitative estimate of drug-likeness (QED) is 0.0927. The van der Waals surface area contributed by atoms with Gasteiger partial charge in [-0.25, -0.2) is 0 Å². The van der Waals surface area contributed by atoms with Gasteiger partial charge in [0.25, 0.3) is 0 Å². The Hall–Kier alpha value is 9.54. The van der Waals surface area contributed by atoms with Crippen LogP contribution in [0, 0.1) is 0 Å². The molecule has 0 aromatic heterocycles. The fourth-order valence-corrected chi connectivity index (χ4v) is 268. The van der Waals surface area contributed by atoms with E-state index in [4.69, 9.17) is 53.1 Å². The molecule has 0 aliphatic carbocycles. The third-order valence-corrected chi connectivity index (χ3v) is 221. The second-order valence-corrected chi connectivity index (χ2v) is 146. The summed E-state index contributed by atoms with van der Waals surface area (Å²) in [5.41, 5.74) is 0. The van der Waals surface area contributed by atoms with Crippen LogP contribution in [-0.2, 0) is 53.1 Å². The summed E-state index contributed by atoms with van der Waals surface area (Å²) < 4.78 is 70.4. The van der Waals surface area contributed by atoms with Crippen molar-refractivity contribution < 1.29 is 259 Å². The average Bonchev–Trinajstić information content (AvgIpc) is 3.17. The summed E-state index contributed by atoms with van der Waals surface area (Å²) in [6.07, 6.45) is 0. The van der Waals surface area contributed by atoms with Crippen molar-refractivity contribution in [2.24, 2.45) is 0 Å². The fraction of sp³-hybridized carbons (Fsp3) is 1.00. The van der Waals surface area contributed by atoms with Gasteiger partial charge < -0.3 is 53.1 Å². The molecule has 68 heavy (non-hydrogen) atoms. The number of hydrogen-bond acceptors (Lipinski definition) is 12. The van der Waals surface area contributed by atoms with Gasteiger partial charge in [0, 0.05) is 179 Å². The van der Waals surface area contributed by atoms with Gasteiger partial charge in [0.1, 0.15) is 0 Å². The van der Waals surface area contributed by atoms with Crippen LogP contribution in [0.1, 0.15) is 0 Å². The largest absolute Gasteiger partial charge is 1.00 e. The van der Waals surface area contributed by atoms with Crippen molar-refractivity contribution in [3.05, 3.63) is 0 Å². The smallest absolute Gasteiger partial charge is 0.456 e. The summed E-state index contributed by atoms with van der Waals surface area (Å²) in [5, 5.41) is 0. The van der Waals surface area contributed by atoms with Crippen LogP contribution in [0.4, 0.5) is 0 Å². The molecule has 0 spiro atoms. The Morgan fingerprint density at radius 2 is 0.191 bits per heavy atom. The summed E-state index contributed by atoms with van der Waals surface area (Å²) >= 11 is 0. The van der Waals surface area contributed by atoms with Crippen LogP contribution in [0.25, 0.3) is 0 Å². The van der Waals surface area contributed by atoms with Crippen LogP contribution in [0.2, 0.25) is 157 Å². The molecule has 0 amide bonds. The molecule has 0 heterocycles. The molecule has 392 valence electrons. The van der Waals surface area contributed by atoms with E-state index in [9.17, 15) is 0 Å². The normalized spacial score (nSPS) is 13.8. The topological polar surface area (TPSA) is 111 Å². The van der Waals surface area contributed by atoms with Crippen LogP contribution < -0.4 is 206 Å². The van der Waals surface area contributed by atoms with E-state index in [2.05, 4.69) is 157 Å². The van der Waals surface area contributed by atoms with Gasteiger partial charge in [-0.15, -0.1) is 0 Å². The zero-order chi connectivity index (χ0) is 52.8. The molecular formula is C36H108K4O12Si16. The van der Waals surface area contributed by atoms with Gasteiger partial charge in [0.05, 0.1) is 0 Å². The van der Waals surface area contributed by atoms with E-state index < -0.39 is 123 Å². The van der Waals surface area contributed by atoms with Crippen molar-refractivity contribution in [1.82, 2.24) is 0 Å². The maximum atomic E-state index is 5.87. The van der Waals surface area contributed by atoms with Crippen molar-refractivity contribution in [1.29, 1.82) is 0 Å². The first-order chi connectivity index (χ1) is 28.2. The molecule has 0 radical (unpaired) electrons. The summed E-state index contributed by atoms with van der Waals surface area (Å²) in [7, 11) is -0.134. The second kappa shape index (κ2) is 39.2. The Labute approximate surface area is 611 Å². The van der Waals surface area contributed by atoms with E-state index in [1.165, 1.54) is 0 Å². The first kappa shape index (κ1) is 93.9. The van der Waals surface area contributed by atoms with E-state index in [1.54, 1.807) is 0 Å². The molecule has 0 N–H and O–H groups in total. The average molecular weight is 1340 g/mol. The first-order valence-electron chi connectivity index (χ1n) is 22.3. The summed E-state index contributed by atoms with van der Waals surface area (Å²) in [6, 6.07) is 0. The molecule has 0 aromatic carbocycles. The van der Waals surface area contributed by atoms with E-state index in [1.807, 2.05) is 85.3 Å². The maximum Gasteiger partial charge on any atom is 1.00 e. The zero-order valence-electron chi connectivity index (χ0n) is 52.9. The molecule has 0 aromatic rings. The number of rotatable bonds is 24. The fourth-order valence-electron chi connectivity index (χ4n) is 9.92. The van der Waals surface area contributed by atoms with Crippen LogP contribution in [0.15, 0.2) is 0 Å². The van der Waals surface area contributed by atoms with Crippen LogP contribution in [-0.4, -0.2) is 209 Å². The van der Waals surface area contributed by atoms with Gasteiger partial charge in [0.15, 0.2) is 0 Å². The number of hydrogen-bond donors (Lipinski definition) is 0. The molecule has 0 saturated carbocycles. The summed E-state index contributed by atoms with van der Waals surface area (Å²) in [6.45, 7) is 55.7. The Balaban J connectivity index is -0.000000115.